The fourth-order valence-corrected chi connectivity index (χ4v) is 6.19. The van der Waals surface area contributed by atoms with Gasteiger partial charge in [0.2, 0.25) is 0 Å². The van der Waals surface area contributed by atoms with Crippen molar-refractivity contribution in [2.75, 3.05) is 0 Å². The highest BCUT2D eigenvalue weighted by Crippen LogP contribution is 2.35. The van der Waals surface area contributed by atoms with E-state index in [-0.39, 0.29) is 17.6 Å². The number of benzene rings is 2. The molecule has 1 heterocycles. The third-order valence-electron chi connectivity index (χ3n) is 8.80. The fraction of sp³-hybridized carbons (Fsp3) is 0.541. The van der Waals surface area contributed by atoms with Gasteiger partial charge < -0.3 is 4.74 Å². The van der Waals surface area contributed by atoms with Crippen LogP contribution in [0.5, 0.6) is 5.75 Å². The molecule has 0 aliphatic heterocycles. The number of rotatable bonds is 16. The monoisotopic (exact) mass is 572 g/mol. The fourth-order valence-electron chi connectivity index (χ4n) is 6.19. The van der Waals surface area contributed by atoms with Crippen molar-refractivity contribution in [2.24, 2.45) is 11.8 Å². The van der Waals surface area contributed by atoms with Gasteiger partial charge in [0.25, 0.3) is 0 Å². The topological polar surface area (TPSA) is 52.1 Å². The first-order valence-electron chi connectivity index (χ1n) is 16.5. The molecule has 5 heteroatoms. The molecule has 226 valence electrons. The predicted molar refractivity (Wildman–Crippen MR) is 170 cm³/mol. The van der Waals surface area contributed by atoms with Crippen molar-refractivity contribution in [3.8, 4) is 28.3 Å². The average Bonchev–Trinajstić information content (AvgIpc) is 3.03. The van der Waals surface area contributed by atoms with E-state index in [1.807, 2.05) is 0 Å². The van der Waals surface area contributed by atoms with Crippen LogP contribution < -0.4 is 4.74 Å². The number of unbranched alkanes of at least 4 members (excludes halogenated alkanes) is 8. The summed E-state index contributed by atoms with van der Waals surface area (Å²) in [5.74, 6) is -0.250. The molecule has 0 amide bonds. The standard InChI is InChI=1S/C37H49FN2O2/c1-3-5-7-8-9-10-11-12-15-28-19-21-29(22-20-28)32-26-39-36(40-27-32)31-23-24-35(34(38)25-31)42-37(41)33-18-14-13-17-30(33)16-6-4-2/h19-27,30,33H,3-18H2,1-2H3/t30-,33+/m1/s1. The van der Waals surface area contributed by atoms with Crippen LogP contribution in [-0.2, 0) is 11.2 Å². The van der Waals surface area contributed by atoms with Crippen molar-refractivity contribution in [2.45, 2.75) is 117 Å². The molecule has 1 aliphatic rings. The second-order valence-electron chi connectivity index (χ2n) is 12.1. The van der Waals surface area contributed by atoms with Crippen molar-refractivity contribution < 1.29 is 13.9 Å². The van der Waals surface area contributed by atoms with Gasteiger partial charge in [0, 0.05) is 23.5 Å². The molecule has 1 aliphatic carbocycles. The zero-order valence-electron chi connectivity index (χ0n) is 25.8. The lowest BCUT2D eigenvalue weighted by atomic mass is 9.77. The maximum atomic E-state index is 15.0. The van der Waals surface area contributed by atoms with Crippen molar-refractivity contribution >= 4 is 5.97 Å². The summed E-state index contributed by atoms with van der Waals surface area (Å²) in [5.41, 5.74) is 3.90. The Labute approximate surface area is 252 Å². The number of carbonyl (C=O) groups is 1. The van der Waals surface area contributed by atoms with Gasteiger partial charge in [-0.3, -0.25) is 4.79 Å². The van der Waals surface area contributed by atoms with Crippen molar-refractivity contribution in [3.05, 3.63) is 66.2 Å². The second-order valence-corrected chi connectivity index (χ2v) is 12.1. The first-order valence-corrected chi connectivity index (χ1v) is 16.5. The Morgan fingerprint density at radius 1 is 0.786 bits per heavy atom. The van der Waals surface area contributed by atoms with Crippen LogP contribution in [0.4, 0.5) is 4.39 Å². The van der Waals surface area contributed by atoms with Gasteiger partial charge in [0.05, 0.1) is 5.92 Å². The van der Waals surface area contributed by atoms with E-state index in [1.54, 1.807) is 18.5 Å². The SMILES string of the molecule is CCCCCCCCCCc1ccc(-c2cnc(-c3ccc(OC(=O)[C@H]4CCCC[C@H]4CCCC)c(F)c3)nc2)cc1. The van der Waals surface area contributed by atoms with E-state index in [0.29, 0.717) is 17.3 Å². The number of carbonyl (C=O) groups excluding carboxylic acids is 1. The molecule has 0 saturated heterocycles. The predicted octanol–water partition coefficient (Wildman–Crippen LogP) is 10.5. The van der Waals surface area contributed by atoms with Crippen molar-refractivity contribution in [3.63, 3.8) is 0 Å². The van der Waals surface area contributed by atoms with Gasteiger partial charge in [-0.05, 0) is 67.3 Å². The molecule has 0 radical (unpaired) electrons. The van der Waals surface area contributed by atoms with Gasteiger partial charge >= 0.3 is 5.97 Å². The molecule has 1 saturated carbocycles. The van der Waals surface area contributed by atoms with Gasteiger partial charge in [0.15, 0.2) is 17.4 Å². The van der Waals surface area contributed by atoms with Crippen LogP contribution in [0.25, 0.3) is 22.5 Å². The Morgan fingerprint density at radius 2 is 1.43 bits per heavy atom. The van der Waals surface area contributed by atoms with Gasteiger partial charge in [-0.2, -0.15) is 0 Å². The smallest absolute Gasteiger partial charge is 0.314 e. The first-order chi connectivity index (χ1) is 20.6. The maximum Gasteiger partial charge on any atom is 0.314 e. The number of halogens is 1. The molecule has 0 bridgehead atoms. The van der Waals surface area contributed by atoms with Crippen molar-refractivity contribution in [1.29, 1.82) is 0 Å². The number of ether oxygens (including phenoxy) is 1. The lowest BCUT2D eigenvalue weighted by Crippen LogP contribution is -2.30. The van der Waals surface area contributed by atoms with E-state index in [1.165, 1.54) is 69.1 Å². The van der Waals surface area contributed by atoms with Gasteiger partial charge in [-0.25, -0.2) is 14.4 Å². The Hall–Kier alpha value is -3.08. The first kappa shape index (κ1) is 31.8. The molecule has 2 aromatic carbocycles. The van der Waals surface area contributed by atoms with Crippen LogP contribution in [-0.4, -0.2) is 15.9 Å². The summed E-state index contributed by atoms with van der Waals surface area (Å²) < 4.78 is 20.6. The van der Waals surface area contributed by atoms with Crippen LogP contribution in [0, 0.1) is 17.7 Å². The number of esters is 1. The molecule has 1 fully saturated rings. The summed E-state index contributed by atoms with van der Waals surface area (Å²) in [6.07, 6.45) is 22.7. The zero-order valence-corrected chi connectivity index (χ0v) is 25.8. The lowest BCUT2D eigenvalue weighted by Gasteiger charge is -2.29. The van der Waals surface area contributed by atoms with E-state index in [2.05, 4.69) is 48.1 Å². The number of hydrogen-bond acceptors (Lipinski definition) is 4. The van der Waals surface area contributed by atoms with E-state index in [0.717, 1.165) is 62.5 Å². The van der Waals surface area contributed by atoms with E-state index in [4.69, 9.17) is 4.74 Å². The summed E-state index contributed by atoms with van der Waals surface area (Å²) in [5, 5.41) is 0. The van der Waals surface area contributed by atoms with Crippen LogP contribution >= 0.6 is 0 Å². The van der Waals surface area contributed by atoms with Crippen LogP contribution in [0.3, 0.4) is 0 Å². The number of hydrogen-bond donors (Lipinski definition) is 0. The number of aryl methyl sites for hydroxylation is 1. The van der Waals surface area contributed by atoms with Crippen LogP contribution in [0.1, 0.15) is 116 Å². The largest absolute Gasteiger partial charge is 0.423 e. The van der Waals surface area contributed by atoms with Gasteiger partial charge in [0.1, 0.15) is 0 Å². The zero-order chi connectivity index (χ0) is 29.6. The minimum atomic E-state index is -0.568. The molecular formula is C37H49FN2O2. The number of nitrogens with zero attached hydrogens (tertiary/aromatic N) is 2. The Bertz CT molecular complexity index is 1230. The van der Waals surface area contributed by atoms with Gasteiger partial charge in [-0.15, -0.1) is 0 Å². The molecule has 0 spiro atoms. The molecular weight excluding hydrogens is 523 g/mol. The third-order valence-corrected chi connectivity index (χ3v) is 8.80. The lowest BCUT2D eigenvalue weighted by molar-refractivity contribution is -0.142. The quantitative estimate of drug-likeness (QED) is 0.0973. The average molecular weight is 573 g/mol. The van der Waals surface area contributed by atoms with Crippen LogP contribution in [0.15, 0.2) is 54.9 Å². The molecule has 0 N–H and O–H groups in total. The Morgan fingerprint density at radius 3 is 2.12 bits per heavy atom. The third kappa shape index (κ3) is 9.47. The maximum absolute atomic E-state index is 15.0. The van der Waals surface area contributed by atoms with E-state index < -0.39 is 5.82 Å². The van der Waals surface area contributed by atoms with Crippen molar-refractivity contribution in [1.82, 2.24) is 9.97 Å². The van der Waals surface area contributed by atoms with Gasteiger partial charge in [-0.1, -0.05) is 109 Å². The Kier molecular flexibility index (Phi) is 13.0. The molecule has 4 rings (SSSR count). The highest BCUT2D eigenvalue weighted by Gasteiger charge is 2.32. The molecule has 0 unspecified atom stereocenters. The summed E-state index contributed by atoms with van der Waals surface area (Å²) in [4.78, 5) is 22.0. The molecule has 3 aromatic rings. The minimum Gasteiger partial charge on any atom is -0.423 e. The summed E-state index contributed by atoms with van der Waals surface area (Å²) in [7, 11) is 0. The molecule has 2 atom stereocenters. The minimum absolute atomic E-state index is 0.0211. The Balaban J connectivity index is 1.29. The molecule has 4 nitrogen and oxygen atoms in total. The molecule has 42 heavy (non-hydrogen) atoms. The highest BCUT2D eigenvalue weighted by molar-refractivity contribution is 5.76. The number of aromatic nitrogens is 2. The van der Waals surface area contributed by atoms with E-state index in [9.17, 15) is 4.79 Å². The molecule has 1 aromatic heterocycles. The van der Waals surface area contributed by atoms with E-state index >= 15 is 4.39 Å². The summed E-state index contributed by atoms with van der Waals surface area (Å²) in [6, 6.07) is 13.2. The summed E-state index contributed by atoms with van der Waals surface area (Å²) >= 11 is 0. The summed E-state index contributed by atoms with van der Waals surface area (Å²) in [6.45, 7) is 4.43. The normalized spacial score (nSPS) is 16.8. The van der Waals surface area contributed by atoms with Crippen LogP contribution in [0.2, 0.25) is 0 Å². The highest BCUT2D eigenvalue weighted by atomic mass is 19.1. The second kappa shape index (κ2) is 17.1.